The van der Waals surface area contributed by atoms with Crippen molar-refractivity contribution in [1.82, 2.24) is 0 Å². The van der Waals surface area contributed by atoms with Gasteiger partial charge in [-0.1, -0.05) is 0 Å². The number of esters is 1. The van der Waals surface area contributed by atoms with Crippen LogP contribution >= 0.6 is 0 Å². The molecule has 5 heteroatoms. The van der Waals surface area contributed by atoms with E-state index >= 15 is 0 Å². The second-order valence-electron chi connectivity index (χ2n) is 4.12. The molecule has 0 unspecified atom stereocenters. The molecule has 2 rings (SSSR count). The van der Waals surface area contributed by atoms with E-state index in [4.69, 9.17) is 9.15 Å². The van der Waals surface area contributed by atoms with E-state index < -0.39 is 5.97 Å². The van der Waals surface area contributed by atoms with Crippen molar-refractivity contribution in [2.24, 2.45) is 0 Å². The Labute approximate surface area is 121 Å². The molecule has 0 aliphatic rings. The first kappa shape index (κ1) is 14.6. The molecule has 0 aliphatic heterocycles. The van der Waals surface area contributed by atoms with Gasteiger partial charge in [0.15, 0.2) is 5.78 Å². The molecule has 1 aromatic carbocycles. The zero-order valence-corrected chi connectivity index (χ0v) is 11.7. The molecule has 0 bridgehead atoms. The lowest BCUT2D eigenvalue weighted by molar-refractivity contribution is 0.0564. The molecule has 0 amide bonds. The van der Waals surface area contributed by atoms with E-state index in [0.29, 0.717) is 17.1 Å². The van der Waals surface area contributed by atoms with Crippen LogP contribution in [0.5, 0.6) is 5.75 Å². The lowest BCUT2D eigenvalue weighted by atomic mass is 10.1. The Morgan fingerprint density at radius 3 is 2.38 bits per heavy atom. The number of methoxy groups -OCH3 is 2. The number of rotatable bonds is 5. The summed E-state index contributed by atoms with van der Waals surface area (Å²) in [4.78, 5) is 23.2. The van der Waals surface area contributed by atoms with Crippen molar-refractivity contribution < 1.29 is 23.5 Å². The van der Waals surface area contributed by atoms with Crippen LogP contribution in [0.1, 0.15) is 26.7 Å². The van der Waals surface area contributed by atoms with Crippen molar-refractivity contribution >= 4 is 17.8 Å². The first-order chi connectivity index (χ1) is 10.1. The van der Waals surface area contributed by atoms with Crippen molar-refractivity contribution in [3.8, 4) is 5.75 Å². The summed E-state index contributed by atoms with van der Waals surface area (Å²) in [5, 5.41) is 0. The Kier molecular flexibility index (Phi) is 4.56. The number of allylic oxidation sites excluding steroid dienone is 1. The van der Waals surface area contributed by atoms with Gasteiger partial charge in [-0.2, -0.15) is 0 Å². The third-order valence-electron chi connectivity index (χ3n) is 2.79. The first-order valence-corrected chi connectivity index (χ1v) is 6.18. The highest BCUT2D eigenvalue weighted by molar-refractivity contribution is 6.06. The van der Waals surface area contributed by atoms with Crippen LogP contribution in [0.25, 0.3) is 6.08 Å². The molecule has 2 aromatic rings. The maximum absolute atomic E-state index is 12.0. The number of hydrogen-bond acceptors (Lipinski definition) is 5. The average molecular weight is 286 g/mol. The van der Waals surface area contributed by atoms with Crippen LogP contribution in [-0.2, 0) is 4.74 Å². The molecule has 0 N–H and O–H groups in total. The molecule has 21 heavy (non-hydrogen) atoms. The van der Waals surface area contributed by atoms with Gasteiger partial charge in [0.2, 0.25) is 5.76 Å². The smallest absolute Gasteiger partial charge is 0.373 e. The van der Waals surface area contributed by atoms with Crippen LogP contribution in [-0.4, -0.2) is 26.0 Å². The topological polar surface area (TPSA) is 65.7 Å². The average Bonchev–Trinajstić information content (AvgIpc) is 3.01. The second kappa shape index (κ2) is 6.56. The highest BCUT2D eigenvalue weighted by Crippen LogP contribution is 2.14. The molecular formula is C16H14O5. The van der Waals surface area contributed by atoms with Crippen LogP contribution in [0.15, 0.2) is 46.9 Å². The van der Waals surface area contributed by atoms with Crippen LogP contribution in [0.2, 0.25) is 0 Å². The van der Waals surface area contributed by atoms with Crippen molar-refractivity contribution in [3.05, 3.63) is 59.6 Å². The lowest BCUT2D eigenvalue weighted by Crippen LogP contribution is -1.98. The molecule has 0 saturated heterocycles. The van der Waals surface area contributed by atoms with Crippen LogP contribution < -0.4 is 4.74 Å². The minimum Gasteiger partial charge on any atom is -0.497 e. The molecule has 0 spiro atoms. The molecule has 1 heterocycles. The van der Waals surface area contributed by atoms with Crippen molar-refractivity contribution in [2.75, 3.05) is 14.2 Å². The standard InChI is InChI=1S/C16H14O5/c1-19-12-5-3-11(4-6-12)14(17)9-7-13-8-10-15(21-13)16(18)20-2/h3-10H,1-2H3. The Morgan fingerprint density at radius 1 is 1.05 bits per heavy atom. The predicted octanol–water partition coefficient (Wildman–Crippen LogP) is 2.97. The number of benzene rings is 1. The molecule has 5 nitrogen and oxygen atoms in total. The van der Waals surface area contributed by atoms with Gasteiger partial charge in [-0.25, -0.2) is 4.79 Å². The SMILES string of the molecule is COC(=O)c1ccc(C=CC(=O)c2ccc(OC)cc2)o1. The van der Waals surface area contributed by atoms with Gasteiger partial charge < -0.3 is 13.9 Å². The third-order valence-corrected chi connectivity index (χ3v) is 2.79. The van der Waals surface area contributed by atoms with Crippen LogP contribution in [0.3, 0.4) is 0 Å². The number of ketones is 1. The number of carbonyl (C=O) groups excluding carboxylic acids is 2. The summed E-state index contributed by atoms with van der Waals surface area (Å²) in [5.41, 5.74) is 0.534. The minimum atomic E-state index is -0.559. The van der Waals surface area contributed by atoms with Gasteiger partial charge in [-0.15, -0.1) is 0 Å². The highest BCUT2D eigenvalue weighted by Gasteiger charge is 2.10. The summed E-state index contributed by atoms with van der Waals surface area (Å²) >= 11 is 0. The molecule has 0 saturated carbocycles. The monoisotopic (exact) mass is 286 g/mol. The summed E-state index contributed by atoms with van der Waals surface area (Å²) in [6.45, 7) is 0. The fourth-order valence-electron chi connectivity index (χ4n) is 1.66. The van der Waals surface area contributed by atoms with Gasteiger partial charge in [-0.05, 0) is 48.6 Å². The summed E-state index contributed by atoms with van der Waals surface area (Å²) < 4.78 is 14.8. The van der Waals surface area contributed by atoms with Gasteiger partial charge >= 0.3 is 5.97 Å². The number of hydrogen-bond donors (Lipinski definition) is 0. The van der Waals surface area contributed by atoms with Crippen LogP contribution in [0.4, 0.5) is 0 Å². The molecular weight excluding hydrogens is 272 g/mol. The van der Waals surface area contributed by atoms with Crippen molar-refractivity contribution in [3.63, 3.8) is 0 Å². The molecule has 0 radical (unpaired) electrons. The summed E-state index contributed by atoms with van der Waals surface area (Å²) in [6.07, 6.45) is 2.88. The second-order valence-corrected chi connectivity index (χ2v) is 4.12. The molecule has 0 aliphatic carbocycles. The maximum Gasteiger partial charge on any atom is 0.373 e. The first-order valence-electron chi connectivity index (χ1n) is 6.18. The number of ether oxygens (including phenoxy) is 2. The Balaban J connectivity index is 2.07. The third kappa shape index (κ3) is 3.60. The van der Waals surface area contributed by atoms with Gasteiger partial charge in [0.1, 0.15) is 11.5 Å². The van der Waals surface area contributed by atoms with E-state index in [1.165, 1.54) is 25.3 Å². The largest absolute Gasteiger partial charge is 0.497 e. The quantitative estimate of drug-likeness (QED) is 0.480. The summed E-state index contributed by atoms with van der Waals surface area (Å²) in [6, 6.07) is 9.85. The van der Waals surface area contributed by atoms with E-state index in [1.54, 1.807) is 37.4 Å². The Hall–Kier alpha value is -2.82. The normalized spacial score (nSPS) is 10.6. The van der Waals surface area contributed by atoms with Gasteiger partial charge in [0.05, 0.1) is 14.2 Å². The highest BCUT2D eigenvalue weighted by atomic mass is 16.5. The summed E-state index contributed by atoms with van der Waals surface area (Å²) in [7, 11) is 2.83. The van der Waals surface area contributed by atoms with Gasteiger partial charge in [0, 0.05) is 5.56 Å². The summed E-state index contributed by atoms with van der Waals surface area (Å²) in [5.74, 6) is 0.445. The van der Waals surface area contributed by atoms with E-state index in [9.17, 15) is 9.59 Å². The van der Waals surface area contributed by atoms with E-state index in [0.717, 1.165) is 0 Å². The van der Waals surface area contributed by atoms with Gasteiger partial charge in [-0.3, -0.25) is 4.79 Å². The van der Waals surface area contributed by atoms with E-state index in [2.05, 4.69) is 4.74 Å². The zero-order valence-electron chi connectivity index (χ0n) is 11.7. The van der Waals surface area contributed by atoms with Crippen molar-refractivity contribution in [1.29, 1.82) is 0 Å². The number of carbonyl (C=O) groups is 2. The van der Waals surface area contributed by atoms with E-state index in [-0.39, 0.29) is 11.5 Å². The Bertz CT molecular complexity index is 664. The zero-order chi connectivity index (χ0) is 15.2. The predicted molar refractivity (Wildman–Crippen MR) is 76.4 cm³/mol. The van der Waals surface area contributed by atoms with Gasteiger partial charge in [0.25, 0.3) is 0 Å². The van der Waals surface area contributed by atoms with Crippen LogP contribution in [0, 0.1) is 0 Å². The van der Waals surface area contributed by atoms with E-state index in [1.807, 2.05) is 0 Å². The molecule has 1 aromatic heterocycles. The van der Waals surface area contributed by atoms with Crippen molar-refractivity contribution in [2.45, 2.75) is 0 Å². The lowest BCUT2D eigenvalue weighted by Gasteiger charge is -1.99. The maximum atomic E-state index is 12.0. The fraction of sp³-hybridized carbons (Fsp3) is 0.125. The number of furan rings is 1. The molecule has 0 atom stereocenters. The fourth-order valence-corrected chi connectivity index (χ4v) is 1.66. The molecule has 108 valence electrons. The molecule has 0 fully saturated rings. The Morgan fingerprint density at radius 2 is 1.76 bits per heavy atom. The minimum absolute atomic E-state index is 0.0917.